The second-order valence-electron chi connectivity index (χ2n) is 9.55. The van der Waals surface area contributed by atoms with E-state index >= 15 is 0 Å². The molecule has 0 bridgehead atoms. The molecule has 0 unspecified atom stereocenters. The molecule has 13 heteroatoms. The van der Waals surface area contributed by atoms with Crippen LogP contribution in [0.25, 0.3) is 22.5 Å². The maximum Gasteiger partial charge on any atom is 0.231 e. The quantitative estimate of drug-likeness (QED) is 0.312. The van der Waals surface area contributed by atoms with Gasteiger partial charge in [0, 0.05) is 23.5 Å². The minimum absolute atomic E-state index is 0.148. The van der Waals surface area contributed by atoms with Crippen molar-refractivity contribution in [2.75, 3.05) is 19.1 Å². The number of aromatic nitrogens is 4. The summed E-state index contributed by atoms with van der Waals surface area (Å²) in [4.78, 5) is 14.1. The van der Waals surface area contributed by atoms with Crippen molar-refractivity contribution in [1.82, 2.24) is 24.2 Å². The Morgan fingerprint density at radius 3 is 2.62 bits per heavy atom. The average Bonchev–Trinajstić information content (AvgIpc) is 3.55. The number of hydrogen-bond acceptors (Lipinski definition) is 10. The van der Waals surface area contributed by atoms with Gasteiger partial charge in [0.2, 0.25) is 16.8 Å². The summed E-state index contributed by atoms with van der Waals surface area (Å²) in [5.74, 6) is 3.02. The number of sulfonamides is 1. The molecule has 0 aliphatic carbocycles. The lowest BCUT2D eigenvalue weighted by Crippen LogP contribution is -2.39. The van der Waals surface area contributed by atoms with Crippen molar-refractivity contribution in [1.29, 1.82) is 0 Å². The highest BCUT2D eigenvalue weighted by molar-refractivity contribution is 7.99. The molecule has 11 nitrogen and oxygen atoms in total. The number of nitrogens with two attached hydrogens (primary N) is 1. The number of aryl methyl sites for hydroxylation is 2. The molecule has 0 radical (unpaired) electrons. The first-order valence-electron chi connectivity index (χ1n) is 11.7. The van der Waals surface area contributed by atoms with Gasteiger partial charge in [-0.1, -0.05) is 11.8 Å². The predicted molar refractivity (Wildman–Crippen MR) is 140 cm³/mol. The molecular formula is C24H28N6O5S2. The molecule has 196 valence electrons. The van der Waals surface area contributed by atoms with Gasteiger partial charge < -0.3 is 24.2 Å². The van der Waals surface area contributed by atoms with Gasteiger partial charge in [0.25, 0.3) is 0 Å². The molecule has 3 aromatic heterocycles. The van der Waals surface area contributed by atoms with E-state index in [0.717, 1.165) is 16.2 Å². The van der Waals surface area contributed by atoms with Gasteiger partial charge in [0.05, 0.1) is 4.75 Å². The summed E-state index contributed by atoms with van der Waals surface area (Å²) in [6.07, 6.45) is 1.91. The topological polar surface area (TPSA) is 147 Å². The number of hydrogen-bond donors (Lipinski definition) is 2. The van der Waals surface area contributed by atoms with Gasteiger partial charge in [0.15, 0.2) is 33.6 Å². The predicted octanol–water partition coefficient (Wildman–Crippen LogP) is 3.96. The van der Waals surface area contributed by atoms with Crippen molar-refractivity contribution in [2.45, 2.75) is 55.5 Å². The van der Waals surface area contributed by atoms with Crippen LogP contribution in [0.2, 0.25) is 0 Å². The molecule has 1 aromatic carbocycles. The third kappa shape index (κ3) is 4.98. The molecule has 0 saturated carbocycles. The Hall–Kier alpha value is -3.29. The Balaban J connectivity index is 1.49. The first-order valence-corrected chi connectivity index (χ1v) is 14.0. The first kappa shape index (κ1) is 25.4. The Labute approximate surface area is 218 Å². The second kappa shape index (κ2) is 9.54. The number of imidazole rings is 1. The van der Waals surface area contributed by atoms with Crippen LogP contribution in [-0.4, -0.2) is 46.0 Å². The Kier molecular flexibility index (Phi) is 6.54. The highest BCUT2D eigenvalue weighted by Crippen LogP contribution is 2.45. The zero-order valence-corrected chi connectivity index (χ0v) is 22.6. The third-order valence-electron chi connectivity index (χ3n) is 5.86. The lowest BCUT2D eigenvalue weighted by Gasteiger charge is -2.19. The first-order chi connectivity index (χ1) is 17.5. The van der Waals surface area contributed by atoms with E-state index in [4.69, 9.17) is 24.6 Å². The molecule has 1 aliphatic rings. The van der Waals surface area contributed by atoms with Crippen molar-refractivity contribution in [3.05, 3.63) is 36.4 Å². The van der Waals surface area contributed by atoms with E-state index in [0.29, 0.717) is 46.5 Å². The van der Waals surface area contributed by atoms with Gasteiger partial charge in [-0.3, -0.25) is 0 Å². The van der Waals surface area contributed by atoms with Gasteiger partial charge in [-0.15, -0.1) is 0 Å². The second-order valence-corrected chi connectivity index (χ2v) is 13.1. The van der Waals surface area contributed by atoms with Gasteiger partial charge in [-0.2, -0.15) is 0 Å². The number of benzene rings is 1. The van der Waals surface area contributed by atoms with Gasteiger partial charge >= 0.3 is 0 Å². The molecule has 37 heavy (non-hydrogen) atoms. The van der Waals surface area contributed by atoms with Crippen LogP contribution in [0, 0.1) is 6.92 Å². The van der Waals surface area contributed by atoms with E-state index in [9.17, 15) is 8.42 Å². The SMILES string of the molecule is Cc1ccc(-c2cc3c(cc2Sc2nc4c(N)ncnc4n2CCCNS(=O)(=O)C(C)(C)C)OCO3)o1. The molecule has 0 fully saturated rings. The lowest BCUT2D eigenvalue weighted by atomic mass is 10.1. The van der Waals surface area contributed by atoms with Crippen LogP contribution in [0.1, 0.15) is 33.0 Å². The Morgan fingerprint density at radius 1 is 1.16 bits per heavy atom. The minimum Gasteiger partial charge on any atom is -0.461 e. The van der Waals surface area contributed by atoms with Crippen LogP contribution >= 0.6 is 11.8 Å². The summed E-state index contributed by atoms with van der Waals surface area (Å²) in [6, 6.07) is 7.60. The van der Waals surface area contributed by atoms with Gasteiger partial charge in [0.1, 0.15) is 17.8 Å². The number of rotatable bonds is 8. The van der Waals surface area contributed by atoms with E-state index in [1.54, 1.807) is 20.8 Å². The summed E-state index contributed by atoms with van der Waals surface area (Å²) in [6.45, 7) is 7.75. The fourth-order valence-corrected chi connectivity index (χ4v) is 5.65. The molecule has 0 saturated heterocycles. The van der Waals surface area contributed by atoms with Crippen molar-refractivity contribution < 1.29 is 22.3 Å². The standard InChI is InChI=1S/C24H28N6O5S2/c1-14-6-7-16(35-14)15-10-17-18(34-13-33-17)11-19(15)36-23-29-20-21(25)26-12-27-22(20)30(23)9-5-8-28-37(31,32)24(2,3)4/h6-7,10-12,28H,5,8-9,13H2,1-4H3,(H2,25,26,27). The highest BCUT2D eigenvalue weighted by atomic mass is 32.2. The molecule has 0 spiro atoms. The number of anilines is 1. The maximum atomic E-state index is 12.4. The van der Waals surface area contributed by atoms with E-state index in [2.05, 4.69) is 14.7 Å². The zero-order valence-electron chi connectivity index (χ0n) is 20.9. The van der Waals surface area contributed by atoms with Gasteiger partial charge in [-0.05, 0) is 58.4 Å². The van der Waals surface area contributed by atoms with Crippen molar-refractivity contribution in [3.63, 3.8) is 0 Å². The lowest BCUT2D eigenvalue weighted by molar-refractivity contribution is 0.174. The summed E-state index contributed by atoms with van der Waals surface area (Å²) in [7, 11) is -3.45. The summed E-state index contributed by atoms with van der Waals surface area (Å²) in [5, 5.41) is 0.629. The van der Waals surface area contributed by atoms with Crippen LogP contribution in [0.4, 0.5) is 5.82 Å². The summed E-state index contributed by atoms with van der Waals surface area (Å²) in [5.41, 5.74) is 8.00. The fraction of sp³-hybridized carbons (Fsp3) is 0.375. The van der Waals surface area contributed by atoms with Crippen molar-refractivity contribution in [3.8, 4) is 22.8 Å². The van der Waals surface area contributed by atoms with Crippen molar-refractivity contribution in [2.24, 2.45) is 0 Å². The van der Waals surface area contributed by atoms with Crippen LogP contribution in [0.15, 0.2) is 45.1 Å². The normalized spacial score (nSPS) is 13.5. The number of nitrogen functional groups attached to an aromatic ring is 1. The number of nitrogens with one attached hydrogen (secondary N) is 1. The summed E-state index contributed by atoms with van der Waals surface area (Å²) < 4.78 is 45.7. The summed E-state index contributed by atoms with van der Waals surface area (Å²) >= 11 is 1.41. The molecule has 5 rings (SSSR count). The number of furan rings is 1. The molecule has 3 N–H and O–H groups in total. The number of nitrogens with zero attached hydrogens (tertiary/aromatic N) is 4. The van der Waals surface area contributed by atoms with E-state index < -0.39 is 14.8 Å². The maximum absolute atomic E-state index is 12.4. The van der Waals surface area contributed by atoms with Crippen LogP contribution in [0.3, 0.4) is 0 Å². The molecular weight excluding hydrogens is 516 g/mol. The largest absolute Gasteiger partial charge is 0.461 e. The minimum atomic E-state index is -3.45. The average molecular weight is 545 g/mol. The van der Waals surface area contributed by atoms with Crippen molar-refractivity contribution >= 4 is 38.8 Å². The van der Waals surface area contributed by atoms with Crippen LogP contribution in [-0.2, 0) is 16.6 Å². The monoisotopic (exact) mass is 544 g/mol. The molecule has 4 heterocycles. The molecule has 1 aliphatic heterocycles. The zero-order chi connectivity index (χ0) is 26.4. The smallest absolute Gasteiger partial charge is 0.231 e. The van der Waals surface area contributed by atoms with Crippen LogP contribution < -0.4 is 19.9 Å². The fourth-order valence-electron chi connectivity index (χ4n) is 3.75. The molecule has 0 amide bonds. The Bertz CT molecular complexity index is 1570. The highest BCUT2D eigenvalue weighted by Gasteiger charge is 2.28. The van der Waals surface area contributed by atoms with E-state index in [-0.39, 0.29) is 19.2 Å². The van der Waals surface area contributed by atoms with Gasteiger partial charge in [-0.25, -0.2) is 28.1 Å². The Morgan fingerprint density at radius 2 is 1.92 bits per heavy atom. The van der Waals surface area contributed by atoms with E-state index in [1.165, 1.54) is 18.1 Å². The molecule has 4 aromatic rings. The third-order valence-corrected chi connectivity index (χ3v) is 9.11. The number of fused-ring (bicyclic) bond motifs is 2. The van der Waals surface area contributed by atoms with Crippen LogP contribution in [0.5, 0.6) is 11.5 Å². The molecule has 0 atom stereocenters. The van der Waals surface area contributed by atoms with E-state index in [1.807, 2.05) is 35.8 Å². The number of ether oxygens (including phenoxy) is 2.